The molecule has 0 spiro atoms. The minimum Gasteiger partial charge on any atom is -0.377 e. The van der Waals surface area contributed by atoms with Gasteiger partial charge >= 0.3 is 0 Å². The van der Waals surface area contributed by atoms with Crippen LogP contribution in [0.5, 0.6) is 0 Å². The van der Waals surface area contributed by atoms with Crippen molar-refractivity contribution in [3.05, 3.63) is 29.8 Å². The van der Waals surface area contributed by atoms with Gasteiger partial charge < -0.3 is 21.1 Å². The van der Waals surface area contributed by atoms with Crippen molar-refractivity contribution in [1.29, 1.82) is 0 Å². The van der Waals surface area contributed by atoms with Crippen LogP contribution in [0.2, 0.25) is 0 Å². The summed E-state index contributed by atoms with van der Waals surface area (Å²) in [6, 6.07) is 6.67. The van der Waals surface area contributed by atoms with E-state index in [1.807, 2.05) is 0 Å². The molecule has 116 valence electrons. The Kier molecular flexibility index (Phi) is 7.14. The molecule has 1 aromatic rings. The molecule has 1 aromatic carbocycles. The van der Waals surface area contributed by atoms with Gasteiger partial charge in [-0.3, -0.25) is 9.59 Å². The summed E-state index contributed by atoms with van der Waals surface area (Å²) >= 11 is 0. The van der Waals surface area contributed by atoms with Crippen LogP contribution in [-0.4, -0.2) is 37.6 Å². The Hall–Kier alpha value is -1.63. The number of ether oxygens (including phenoxy) is 1. The number of carbonyl (C=O) groups excluding carboxylic acids is 2. The van der Waals surface area contributed by atoms with Crippen LogP contribution < -0.4 is 16.4 Å². The van der Waals surface area contributed by atoms with Gasteiger partial charge in [-0.05, 0) is 25.0 Å². The van der Waals surface area contributed by atoms with Crippen molar-refractivity contribution < 1.29 is 14.3 Å². The van der Waals surface area contributed by atoms with E-state index in [4.69, 9.17) is 10.5 Å². The van der Waals surface area contributed by atoms with Crippen LogP contribution in [0.25, 0.3) is 0 Å². The third-order valence-corrected chi connectivity index (χ3v) is 3.15. The molecule has 0 saturated carbocycles. The zero-order valence-electron chi connectivity index (χ0n) is 11.6. The Balaban J connectivity index is 0.00000220. The Morgan fingerprint density at radius 1 is 1.33 bits per heavy atom. The first-order valence-electron chi connectivity index (χ1n) is 6.68. The lowest BCUT2D eigenvalue weighted by Crippen LogP contribution is -2.34. The minimum absolute atomic E-state index is 0. The summed E-state index contributed by atoms with van der Waals surface area (Å²) < 4.78 is 5.45. The van der Waals surface area contributed by atoms with E-state index in [1.165, 1.54) is 0 Å². The number of hydrogen-bond donors (Lipinski definition) is 3. The molecule has 1 aliphatic rings. The van der Waals surface area contributed by atoms with Crippen molar-refractivity contribution >= 4 is 29.9 Å². The summed E-state index contributed by atoms with van der Waals surface area (Å²) in [4.78, 5) is 23.0. The lowest BCUT2D eigenvalue weighted by atomic mass is 10.1. The van der Waals surface area contributed by atoms with E-state index in [9.17, 15) is 9.59 Å². The minimum atomic E-state index is -0.562. The molecule has 6 nitrogen and oxygen atoms in total. The number of nitrogens with one attached hydrogen (secondary N) is 2. The van der Waals surface area contributed by atoms with Crippen molar-refractivity contribution in [2.75, 3.05) is 25.0 Å². The molecule has 1 aliphatic heterocycles. The highest BCUT2D eigenvalue weighted by Crippen LogP contribution is 2.14. The first kappa shape index (κ1) is 17.4. The predicted octanol–water partition coefficient (Wildman–Crippen LogP) is 0.914. The molecule has 7 heteroatoms. The fourth-order valence-electron chi connectivity index (χ4n) is 2.15. The maximum atomic E-state index is 11.8. The molecular formula is C14H20ClN3O3. The van der Waals surface area contributed by atoms with Crippen LogP contribution >= 0.6 is 12.4 Å². The number of anilines is 1. The van der Waals surface area contributed by atoms with Gasteiger partial charge in [-0.2, -0.15) is 0 Å². The van der Waals surface area contributed by atoms with Crippen LogP contribution in [0.4, 0.5) is 5.69 Å². The van der Waals surface area contributed by atoms with Crippen LogP contribution in [0, 0.1) is 0 Å². The molecule has 1 unspecified atom stereocenters. The van der Waals surface area contributed by atoms with E-state index in [0.29, 0.717) is 17.8 Å². The normalized spacial score (nSPS) is 17.0. The first-order chi connectivity index (χ1) is 9.66. The van der Waals surface area contributed by atoms with Gasteiger partial charge in [0.1, 0.15) is 0 Å². The summed E-state index contributed by atoms with van der Waals surface area (Å²) in [5, 5.41) is 5.72. The monoisotopic (exact) mass is 313 g/mol. The summed E-state index contributed by atoms with van der Waals surface area (Å²) in [7, 11) is 0. The zero-order chi connectivity index (χ0) is 14.4. The third kappa shape index (κ3) is 5.34. The second kappa shape index (κ2) is 8.61. The fraction of sp³-hybridized carbons (Fsp3) is 0.429. The summed E-state index contributed by atoms with van der Waals surface area (Å²) in [5.74, 6) is -0.773. The van der Waals surface area contributed by atoms with E-state index >= 15 is 0 Å². The average molecular weight is 314 g/mol. The number of para-hydroxylation sites is 1. The van der Waals surface area contributed by atoms with Gasteiger partial charge in [-0.25, -0.2) is 0 Å². The molecule has 1 heterocycles. The Bertz CT molecular complexity index is 490. The molecule has 21 heavy (non-hydrogen) atoms. The largest absolute Gasteiger partial charge is 0.377 e. The van der Waals surface area contributed by atoms with Crippen LogP contribution in [-0.2, 0) is 9.53 Å². The van der Waals surface area contributed by atoms with Crippen LogP contribution in [0.15, 0.2) is 24.3 Å². The summed E-state index contributed by atoms with van der Waals surface area (Å²) in [6.07, 6.45) is 2.30. The highest BCUT2D eigenvalue weighted by molar-refractivity contribution is 6.03. The van der Waals surface area contributed by atoms with E-state index in [0.717, 1.165) is 19.4 Å². The van der Waals surface area contributed by atoms with E-state index in [-0.39, 0.29) is 31.0 Å². The number of amides is 2. The number of benzene rings is 1. The predicted molar refractivity (Wildman–Crippen MR) is 82.7 cm³/mol. The molecule has 0 aliphatic carbocycles. The molecule has 2 amide bonds. The number of hydrogen-bond acceptors (Lipinski definition) is 4. The van der Waals surface area contributed by atoms with E-state index in [1.54, 1.807) is 24.3 Å². The van der Waals surface area contributed by atoms with Gasteiger partial charge in [0.2, 0.25) is 5.91 Å². The average Bonchev–Trinajstić information content (AvgIpc) is 2.92. The topological polar surface area (TPSA) is 93.5 Å². The van der Waals surface area contributed by atoms with E-state index in [2.05, 4.69) is 10.6 Å². The van der Waals surface area contributed by atoms with Gasteiger partial charge in [0, 0.05) is 13.2 Å². The first-order valence-corrected chi connectivity index (χ1v) is 6.68. The highest BCUT2D eigenvalue weighted by atomic mass is 35.5. The molecule has 0 bridgehead atoms. The number of nitrogens with two attached hydrogens (primary N) is 1. The molecule has 1 atom stereocenters. The van der Waals surface area contributed by atoms with Gasteiger partial charge in [0.15, 0.2) is 0 Å². The van der Waals surface area contributed by atoms with Crippen LogP contribution in [0.3, 0.4) is 0 Å². The SMILES string of the molecule is Cl.NC(=O)c1ccccc1NC(=O)CNCC1CCCO1. The van der Waals surface area contributed by atoms with Crippen molar-refractivity contribution in [3.8, 4) is 0 Å². The van der Waals surface area contributed by atoms with Crippen molar-refractivity contribution in [2.24, 2.45) is 5.73 Å². The molecule has 0 aromatic heterocycles. The fourth-order valence-corrected chi connectivity index (χ4v) is 2.15. The third-order valence-electron chi connectivity index (χ3n) is 3.15. The van der Waals surface area contributed by atoms with Gasteiger partial charge in [-0.1, -0.05) is 12.1 Å². The lowest BCUT2D eigenvalue weighted by molar-refractivity contribution is -0.115. The smallest absolute Gasteiger partial charge is 0.250 e. The van der Waals surface area contributed by atoms with Crippen molar-refractivity contribution in [2.45, 2.75) is 18.9 Å². The second-order valence-electron chi connectivity index (χ2n) is 4.72. The van der Waals surface area contributed by atoms with E-state index < -0.39 is 5.91 Å². The second-order valence-corrected chi connectivity index (χ2v) is 4.72. The standard InChI is InChI=1S/C14H19N3O3.ClH/c15-14(19)11-5-1-2-6-12(11)17-13(18)9-16-8-10-4-3-7-20-10;/h1-2,5-6,10,16H,3-4,7-9H2,(H2,15,19)(H,17,18);1H. The van der Waals surface area contributed by atoms with Crippen molar-refractivity contribution in [1.82, 2.24) is 5.32 Å². The van der Waals surface area contributed by atoms with Gasteiger partial charge in [0.25, 0.3) is 5.91 Å². The zero-order valence-corrected chi connectivity index (χ0v) is 12.4. The number of carbonyl (C=O) groups is 2. The Morgan fingerprint density at radius 3 is 2.76 bits per heavy atom. The molecule has 2 rings (SSSR count). The highest BCUT2D eigenvalue weighted by Gasteiger charge is 2.15. The number of rotatable bonds is 6. The Morgan fingerprint density at radius 2 is 2.10 bits per heavy atom. The lowest BCUT2D eigenvalue weighted by Gasteiger charge is -2.12. The summed E-state index contributed by atoms with van der Waals surface area (Å²) in [6.45, 7) is 1.63. The number of primary amides is 1. The van der Waals surface area contributed by atoms with Crippen molar-refractivity contribution in [3.63, 3.8) is 0 Å². The molecule has 4 N–H and O–H groups in total. The molecule has 1 saturated heterocycles. The molecular weight excluding hydrogens is 294 g/mol. The summed E-state index contributed by atoms with van der Waals surface area (Å²) in [5.41, 5.74) is 5.99. The maximum absolute atomic E-state index is 11.8. The molecule has 0 radical (unpaired) electrons. The van der Waals surface area contributed by atoms with Crippen LogP contribution in [0.1, 0.15) is 23.2 Å². The Labute approximate surface area is 129 Å². The van der Waals surface area contributed by atoms with Gasteiger partial charge in [-0.15, -0.1) is 12.4 Å². The quantitative estimate of drug-likeness (QED) is 0.728. The number of halogens is 1. The maximum Gasteiger partial charge on any atom is 0.250 e. The molecule has 1 fully saturated rings. The van der Waals surface area contributed by atoms with Gasteiger partial charge in [0.05, 0.1) is 23.9 Å².